The van der Waals surface area contributed by atoms with Crippen LogP contribution in [0.25, 0.3) is 0 Å². The number of nitrogens with zero attached hydrogens (tertiary/aromatic N) is 3. The Kier molecular flexibility index (Phi) is 4.29. The summed E-state index contributed by atoms with van der Waals surface area (Å²) in [6.45, 7) is 10.6. The topological polar surface area (TPSA) is 66.0 Å². The summed E-state index contributed by atoms with van der Waals surface area (Å²) in [5, 5.41) is 8.00. The maximum Gasteiger partial charge on any atom is 0.169 e. The maximum absolute atomic E-state index is 5.83. The zero-order chi connectivity index (χ0) is 12.2. The van der Waals surface area contributed by atoms with Crippen molar-refractivity contribution in [2.75, 3.05) is 18.9 Å². The fraction of sp³-hybridized carbons (Fsp3) is 0.818. The quantitative estimate of drug-likeness (QED) is 0.774. The molecule has 5 nitrogen and oxygen atoms in total. The van der Waals surface area contributed by atoms with E-state index >= 15 is 0 Å². The van der Waals surface area contributed by atoms with Crippen molar-refractivity contribution in [3.8, 4) is 0 Å². The lowest BCUT2D eigenvalue weighted by atomic mass is 9.92. The molecule has 0 aliphatic rings. The molecule has 0 radical (unpaired) electrons. The second-order valence-corrected chi connectivity index (χ2v) is 4.85. The van der Waals surface area contributed by atoms with E-state index in [0.29, 0.717) is 5.82 Å². The smallest absolute Gasteiger partial charge is 0.169 e. The second-order valence-electron chi connectivity index (χ2n) is 4.85. The summed E-state index contributed by atoms with van der Waals surface area (Å²) in [7, 11) is 0. The number of nitrogens with two attached hydrogens (primary N) is 1. The maximum atomic E-state index is 5.83. The van der Waals surface area contributed by atoms with E-state index in [4.69, 9.17) is 10.5 Å². The van der Waals surface area contributed by atoms with Crippen LogP contribution in [-0.4, -0.2) is 28.2 Å². The molecule has 2 N–H and O–H groups in total. The highest BCUT2D eigenvalue weighted by atomic mass is 16.5. The highest BCUT2D eigenvalue weighted by Crippen LogP contribution is 2.25. The van der Waals surface area contributed by atoms with Crippen molar-refractivity contribution in [2.45, 2.75) is 46.1 Å². The van der Waals surface area contributed by atoms with Gasteiger partial charge in [0.05, 0.1) is 5.69 Å². The molecule has 0 aliphatic heterocycles. The number of hydrogen-bond acceptors (Lipinski definition) is 4. The van der Waals surface area contributed by atoms with Crippen LogP contribution in [0.3, 0.4) is 0 Å². The van der Waals surface area contributed by atoms with Crippen LogP contribution in [0.5, 0.6) is 0 Å². The van der Waals surface area contributed by atoms with Gasteiger partial charge in [0.2, 0.25) is 0 Å². The van der Waals surface area contributed by atoms with Crippen LogP contribution in [0.15, 0.2) is 0 Å². The lowest BCUT2D eigenvalue weighted by Gasteiger charge is -2.20. The van der Waals surface area contributed by atoms with Crippen LogP contribution in [-0.2, 0) is 16.7 Å². The third kappa shape index (κ3) is 3.20. The Morgan fingerprint density at radius 3 is 2.62 bits per heavy atom. The van der Waals surface area contributed by atoms with Gasteiger partial charge in [-0.15, -0.1) is 5.10 Å². The number of aromatic nitrogens is 3. The van der Waals surface area contributed by atoms with Crippen molar-refractivity contribution in [1.29, 1.82) is 0 Å². The molecule has 1 aromatic heterocycles. The minimum absolute atomic E-state index is 0.0286. The van der Waals surface area contributed by atoms with E-state index < -0.39 is 0 Å². The van der Waals surface area contributed by atoms with Gasteiger partial charge in [-0.25, -0.2) is 4.68 Å². The molecule has 1 rings (SSSR count). The molecule has 0 amide bonds. The highest BCUT2D eigenvalue weighted by Gasteiger charge is 2.23. The van der Waals surface area contributed by atoms with Gasteiger partial charge in [-0.2, -0.15) is 0 Å². The number of anilines is 1. The molecule has 0 saturated carbocycles. The van der Waals surface area contributed by atoms with Gasteiger partial charge in [-0.1, -0.05) is 26.0 Å². The average molecular weight is 226 g/mol. The number of ether oxygens (including phenoxy) is 1. The monoisotopic (exact) mass is 226 g/mol. The predicted octanol–water partition coefficient (Wildman–Crippen LogP) is 1.58. The normalized spacial score (nSPS) is 12.0. The Labute approximate surface area is 97.0 Å². The lowest BCUT2D eigenvalue weighted by Crippen LogP contribution is -2.20. The number of hydrogen-bond donors (Lipinski definition) is 1. The minimum Gasteiger partial charge on any atom is -0.382 e. The van der Waals surface area contributed by atoms with E-state index in [1.165, 1.54) is 0 Å². The van der Waals surface area contributed by atoms with E-state index in [0.717, 1.165) is 31.9 Å². The summed E-state index contributed by atoms with van der Waals surface area (Å²) in [6, 6.07) is 0. The fourth-order valence-electron chi connectivity index (χ4n) is 1.72. The number of aryl methyl sites for hydroxylation is 1. The number of rotatable bonds is 5. The van der Waals surface area contributed by atoms with Crippen LogP contribution >= 0.6 is 0 Å². The van der Waals surface area contributed by atoms with Crippen molar-refractivity contribution in [3.05, 3.63) is 5.69 Å². The second kappa shape index (κ2) is 5.30. The lowest BCUT2D eigenvalue weighted by molar-refractivity contribution is 0.140. The van der Waals surface area contributed by atoms with Gasteiger partial charge >= 0.3 is 0 Å². The number of nitrogen functional groups attached to an aromatic ring is 1. The largest absolute Gasteiger partial charge is 0.382 e. The van der Waals surface area contributed by atoms with Crippen molar-refractivity contribution < 1.29 is 4.74 Å². The SMILES string of the molecule is CCOCCCn1nnc(N)c1C(C)(C)C. The molecule has 0 saturated heterocycles. The molecule has 1 heterocycles. The van der Waals surface area contributed by atoms with Crippen LogP contribution in [0, 0.1) is 0 Å². The predicted molar refractivity (Wildman–Crippen MR) is 64.2 cm³/mol. The first-order chi connectivity index (χ1) is 7.46. The van der Waals surface area contributed by atoms with Gasteiger partial charge in [0, 0.05) is 25.2 Å². The Bertz CT molecular complexity index is 327. The van der Waals surface area contributed by atoms with Gasteiger partial charge in [-0.05, 0) is 13.3 Å². The van der Waals surface area contributed by atoms with Crippen LogP contribution in [0.4, 0.5) is 5.82 Å². The summed E-state index contributed by atoms with van der Waals surface area (Å²) < 4.78 is 7.18. The first-order valence-corrected chi connectivity index (χ1v) is 5.74. The Balaban J connectivity index is 2.66. The van der Waals surface area contributed by atoms with Crippen LogP contribution < -0.4 is 5.73 Å². The van der Waals surface area contributed by atoms with Gasteiger partial charge in [0.15, 0.2) is 5.82 Å². The first-order valence-electron chi connectivity index (χ1n) is 5.74. The molecule has 0 atom stereocenters. The summed E-state index contributed by atoms with van der Waals surface area (Å²) in [5.74, 6) is 0.531. The Morgan fingerprint density at radius 2 is 2.06 bits per heavy atom. The Morgan fingerprint density at radius 1 is 1.38 bits per heavy atom. The molecule has 0 aromatic carbocycles. The molecular weight excluding hydrogens is 204 g/mol. The summed E-state index contributed by atoms with van der Waals surface area (Å²) in [6.07, 6.45) is 0.930. The van der Waals surface area contributed by atoms with Crippen molar-refractivity contribution in [3.63, 3.8) is 0 Å². The molecule has 92 valence electrons. The van der Waals surface area contributed by atoms with E-state index in [9.17, 15) is 0 Å². The molecular formula is C11H22N4O. The van der Waals surface area contributed by atoms with Crippen molar-refractivity contribution in [2.24, 2.45) is 0 Å². The molecule has 0 aliphatic carbocycles. The Hall–Kier alpha value is -1.10. The zero-order valence-corrected chi connectivity index (χ0v) is 10.7. The van der Waals surface area contributed by atoms with Gasteiger partial charge in [0.1, 0.15) is 0 Å². The molecule has 0 spiro atoms. The van der Waals surface area contributed by atoms with Crippen molar-refractivity contribution in [1.82, 2.24) is 15.0 Å². The van der Waals surface area contributed by atoms with Gasteiger partial charge < -0.3 is 10.5 Å². The van der Waals surface area contributed by atoms with Gasteiger partial charge in [-0.3, -0.25) is 0 Å². The fourth-order valence-corrected chi connectivity index (χ4v) is 1.72. The average Bonchev–Trinajstić information content (AvgIpc) is 2.54. The first kappa shape index (κ1) is 13.0. The summed E-state index contributed by atoms with van der Waals surface area (Å²) >= 11 is 0. The van der Waals surface area contributed by atoms with E-state index in [2.05, 4.69) is 31.1 Å². The summed E-state index contributed by atoms with van der Waals surface area (Å²) in [4.78, 5) is 0. The third-order valence-electron chi connectivity index (χ3n) is 2.33. The van der Waals surface area contributed by atoms with E-state index in [1.807, 2.05) is 11.6 Å². The minimum atomic E-state index is -0.0286. The summed E-state index contributed by atoms with van der Waals surface area (Å²) in [5.41, 5.74) is 6.81. The van der Waals surface area contributed by atoms with E-state index in [1.54, 1.807) is 0 Å². The zero-order valence-electron chi connectivity index (χ0n) is 10.7. The molecule has 16 heavy (non-hydrogen) atoms. The molecule has 1 aromatic rings. The highest BCUT2D eigenvalue weighted by molar-refractivity contribution is 5.37. The molecule has 0 bridgehead atoms. The molecule has 0 unspecified atom stereocenters. The van der Waals surface area contributed by atoms with Crippen LogP contribution in [0.1, 0.15) is 39.8 Å². The van der Waals surface area contributed by atoms with Gasteiger partial charge in [0.25, 0.3) is 0 Å². The molecule has 0 fully saturated rings. The van der Waals surface area contributed by atoms with Crippen LogP contribution in [0.2, 0.25) is 0 Å². The molecule has 5 heteroatoms. The van der Waals surface area contributed by atoms with E-state index in [-0.39, 0.29) is 5.41 Å². The van der Waals surface area contributed by atoms with Crippen molar-refractivity contribution >= 4 is 5.82 Å². The third-order valence-corrected chi connectivity index (χ3v) is 2.33. The standard InChI is InChI=1S/C11H22N4O/c1-5-16-8-6-7-15-9(11(2,3)4)10(12)13-14-15/h5-8,12H2,1-4H3.